The van der Waals surface area contributed by atoms with Crippen LogP contribution in [-0.2, 0) is 9.53 Å². The molecule has 0 bridgehead atoms. The summed E-state index contributed by atoms with van der Waals surface area (Å²) in [5.41, 5.74) is -0.222. The maximum atomic E-state index is 11.4. The van der Waals surface area contributed by atoms with Crippen molar-refractivity contribution in [2.24, 2.45) is 5.41 Å². The van der Waals surface area contributed by atoms with E-state index in [9.17, 15) is 4.79 Å². The van der Waals surface area contributed by atoms with Crippen LogP contribution in [0.1, 0.15) is 41.0 Å². The van der Waals surface area contributed by atoms with E-state index in [0.29, 0.717) is 13.0 Å². The molecule has 0 heterocycles. The number of carbonyl (C=O) groups excluding carboxylic acids is 1. The number of ketones is 1. The van der Waals surface area contributed by atoms with Gasteiger partial charge in [-0.05, 0) is 13.8 Å². The van der Waals surface area contributed by atoms with Crippen LogP contribution in [0.5, 0.6) is 0 Å². The first-order valence-corrected chi connectivity index (χ1v) is 4.49. The molecular formula is C10H20O2. The Kier molecular flexibility index (Phi) is 4.46. The highest BCUT2D eigenvalue weighted by molar-refractivity contribution is 5.83. The lowest BCUT2D eigenvalue weighted by molar-refractivity contribution is -0.127. The molecule has 2 heteroatoms. The molecule has 72 valence electrons. The van der Waals surface area contributed by atoms with Crippen molar-refractivity contribution in [3.8, 4) is 0 Å². The van der Waals surface area contributed by atoms with E-state index in [4.69, 9.17) is 4.74 Å². The Hall–Kier alpha value is -0.370. The number of ether oxygens (including phenoxy) is 1. The van der Waals surface area contributed by atoms with Gasteiger partial charge in [-0.2, -0.15) is 0 Å². The first kappa shape index (κ1) is 11.6. The normalized spacial score (nSPS) is 12.2. The first-order chi connectivity index (χ1) is 5.34. The fourth-order valence-corrected chi connectivity index (χ4v) is 0.762. The summed E-state index contributed by atoms with van der Waals surface area (Å²) in [6.45, 7) is 10.3. The minimum absolute atomic E-state index is 0.220. The monoisotopic (exact) mass is 172 g/mol. The van der Waals surface area contributed by atoms with Crippen LogP contribution in [0.3, 0.4) is 0 Å². The molecule has 0 atom stereocenters. The topological polar surface area (TPSA) is 26.3 Å². The van der Waals surface area contributed by atoms with Crippen molar-refractivity contribution >= 4 is 5.78 Å². The highest BCUT2D eigenvalue weighted by Crippen LogP contribution is 2.16. The number of carbonyl (C=O) groups is 1. The van der Waals surface area contributed by atoms with Gasteiger partial charge in [-0.3, -0.25) is 4.79 Å². The van der Waals surface area contributed by atoms with Gasteiger partial charge >= 0.3 is 0 Å². The van der Waals surface area contributed by atoms with Crippen LogP contribution in [0, 0.1) is 5.41 Å². The van der Waals surface area contributed by atoms with Crippen LogP contribution in [0.15, 0.2) is 0 Å². The van der Waals surface area contributed by atoms with Gasteiger partial charge in [-0.25, -0.2) is 0 Å². The Labute approximate surface area is 75.3 Å². The van der Waals surface area contributed by atoms with E-state index in [0.717, 1.165) is 0 Å². The summed E-state index contributed by atoms with van der Waals surface area (Å²) in [7, 11) is 0. The molecule has 0 saturated carbocycles. The molecule has 0 unspecified atom stereocenters. The van der Waals surface area contributed by atoms with Gasteiger partial charge in [-0.1, -0.05) is 20.8 Å². The molecule has 0 saturated heterocycles. The van der Waals surface area contributed by atoms with Gasteiger partial charge < -0.3 is 4.74 Å². The van der Waals surface area contributed by atoms with Crippen LogP contribution in [0.2, 0.25) is 0 Å². The van der Waals surface area contributed by atoms with Gasteiger partial charge in [0.1, 0.15) is 5.78 Å². The Morgan fingerprint density at radius 3 is 2.17 bits per heavy atom. The fraction of sp³-hybridized carbons (Fsp3) is 0.900. The third-order valence-corrected chi connectivity index (χ3v) is 1.62. The quantitative estimate of drug-likeness (QED) is 0.651. The van der Waals surface area contributed by atoms with E-state index in [1.54, 1.807) is 0 Å². The van der Waals surface area contributed by atoms with Gasteiger partial charge in [0.25, 0.3) is 0 Å². The minimum atomic E-state index is -0.222. The number of hydrogen-bond donors (Lipinski definition) is 0. The van der Waals surface area contributed by atoms with Gasteiger partial charge in [0.2, 0.25) is 0 Å². The standard InChI is InChI=1S/C10H20O2/c1-8(2)12-7-6-9(11)10(3,4)5/h8H,6-7H2,1-5H3. The fourth-order valence-electron chi connectivity index (χ4n) is 0.762. The lowest BCUT2D eigenvalue weighted by atomic mass is 9.89. The highest BCUT2D eigenvalue weighted by atomic mass is 16.5. The van der Waals surface area contributed by atoms with E-state index in [-0.39, 0.29) is 17.3 Å². The molecule has 0 aliphatic carbocycles. The minimum Gasteiger partial charge on any atom is -0.378 e. The van der Waals surface area contributed by atoms with Crippen molar-refractivity contribution in [3.63, 3.8) is 0 Å². The SMILES string of the molecule is CC(C)OCCC(=O)C(C)(C)C. The summed E-state index contributed by atoms with van der Waals surface area (Å²) >= 11 is 0. The lowest BCUT2D eigenvalue weighted by Crippen LogP contribution is -2.22. The average molecular weight is 172 g/mol. The first-order valence-electron chi connectivity index (χ1n) is 4.49. The van der Waals surface area contributed by atoms with Crippen molar-refractivity contribution < 1.29 is 9.53 Å². The molecule has 0 amide bonds. The van der Waals surface area contributed by atoms with E-state index in [2.05, 4.69) is 0 Å². The van der Waals surface area contributed by atoms with E-state index >= 15 is 0 Å². The molecule has 0 radical (unpaired) electrons. The van der Waals surface area contributed by atoms with Gasteiger partial charge in [0.05, 0.1) is 12.7 Å². The second-order valence-electron chi connectivity index (χ2n) is 4.34. The molecule has 0 aromatic rings. The molecule has 0 aliphatic rings. The third-order valence-electron chi connectivity index (χ3n) is 1.62. The molecule has 0 N–H and O–H groups in total. The second kappa shape index (κ2) is 4.61. The predicted octanol–water partition coefficient (Wildman–Crippen LogP) is 2.42. The van der Waals surface area contributed by atoms with Crippen LogP contribution in [0.25, 0.3) is 0 Å². The number of Topliss-reactive ketones (excluding diaryl/α,β-unsaturated/α-hetero) is 1. The van der Waals surface area contributed by atoms with E-state index in [1.807, 2.05) is 34.6 Å². The molecule has 12 heavy (non-hydrogen) atoms. The van der Waals surface area contributed by atoms with E-state index < -0.39 is 0 Å². The van der Waals surface area contributed by atoms with Crippen molar-refractivity contribution in [2.45, 2.75) is 47.1 Å². The van der Waals surface area contributed by atoms with Crippen LogP contribution >= 0.6 is 0 Å². The van der Waals surface area contributed by atoms with Crippen molar-refractivity contribution in [1.82, 2.24) is 0 Å². The third kappa shape index (κ3) is 5.30. The molecular weight excluding hydrogens is 152 g/mol. The molecule has 0 fully saturated rings. The van der Waals surface area contributed by atoms with Gasteiger partial charge in [0.15, 0.2) is 0 Å². The summed E-state index contributed by atoms with van der Waals surface area (Å²) in [6, 6.07) is 0. The summed E-state index contributed by atoms with van der Waals surface area (Å²) in [5, 5.41) is 0. The summed E-state index contributed by atoms with van der Waals surface area (Å²) in [5.74, 6) is 0.267. The summed E-state index contributed by atoms with van der Waals surface area (Å²) in [6.07, 6.45) is 0.750. The zero-order chi connectivity index (χ0) is 9.78. The zero-order valence-electron chi connectivity index (χ0n) is 8.81. The Balaban J connectivity index is 3.59. The van der Waals surface area contributed by atoms with Crippen LogP contribution in [-0.4, -0.2) is 18.5 Å². The van der Waals surface area contributed by atoms with Crippen molar-refractivity contribution in [1.29, 1.82) is 0 Å². The zero-order valence-corrected chi connectivity index (χ0v) is 8.81. The average Bonchev–Trinajstić information content (AvgIpc) is 1.84. The van der Waals surface area contributed by atoms with Crippen LogP contribution < -0.4 is 0 Å². The largest absolute Gasteiger partial charge is 0.378 e. The van der Waals surface area contributed by atoms with Crippen molar-refractivity contribution in [2.75, 3.05) is 6.61 Å². The molecule has 0 aromatic heterocycles. The maximum absolute atomic E-state index is 11.4. The molecule has 0 rings (SSSR count). The Morgan fingerprint density at radius 1 is 1.33 bits per heavy atom. The predicted molar refractivity (Wildman–Crippen MR) is 50.2 cm³/mol. The molecule has 0 aromatic carbocycles. The lowest BCUT2D eigenvalue weighted by Gasteiger charge is -2.16. The van der Waals surface area contributed by atoms with Gasteiger partial charge in [0, 0.05) is 11.8 Å². The highest BCUT2D eigenvalue weighted by Gasteiger charge is 2.20. The number of rotatable bonds is 4. The maximum Gasteiger partial charge on any atom is 0.140 e. The molecule has 2 nitrogen and oxygen atoms in total. The Morgan fingerprint density at radius 2 is 1.83 bits per heavy atom. The summed E-state index contributed by atoms with van der Waals surface area (Å²) in [4.78, 5) is 11.4. The Bertz CT molecular complexity index is 142. The number of hydrogen-bond acceptors (Lipinski definition) is 2. The molecule has 0 spiro atoms. The van der Waals surface area contributed by atoms with E-state index in [1.165, 1.54) is 0 Å². The van der Waals surface area contributed by atoms with Gasteiger partial charge in [-0.15, -0.1) is 0 Å². The van der Waals surface area contributed by atoms with Crippen LogP contribution in [0.4, 0.5) is 0 Å². The molecule has 0 aliphatic heterocycles. The summed E-state index contributed by atoms with van der Waals surface area (Å²) < 4.78 is 5.29. The smallest absolute Gasteiger partial charge is 0.140 e. The second-order valence-corrected chi connectivity index (χ2v) is 4.34. The van der Waals surface area contributed by atoms with Crippen molar-refractivity contribution in [3.05, 3.63) is 0 Å².